The molecule has 1 rings (SSSR count). The predicted octanol–water partition coefficient (Wildman–Crippen LogP) is 2.40. The van der Waals surface area contributed by atoms with Gasteiger partial charge in [-0.25, -0.2) is 0 Å². The number of rotatable bonds is 0. The molecule has 0 saturated heterocycles. The van der Waals surface area contributed by atoms with E-state index in [4.69, 9.17) is 0 Å². The van der Waals surface area contributed by atoms with Gasteiger partial charge in [0.2, 0.25) is 0 Å². The summed E-state index contributed by atoms with van der Waals surface area (Å²) in [6.07, 6.45) is 7.44. The standard InChI is InChI=1S/C7H14.CH4.H2O/c1-7-5-3-2-4-6-7;;/h7H,2-6H2,1H3;1H4;1H2. The van der Waals surface area contributed by atoms with E-state index in [9.17, 15) is 0 Å². The molecule has 0 aliphatic heterocycles. The first-order chi connectivity index (χ1) is 3.39. The fourth-order valence-corrected chi connectivity index (χ4v) is 1.31. The lowest BCUT2D eigenvalue weighted by Crippen LogP contribution is -1.99. The highest BCUT2D eigenvalue weighted by Gasteiger charge is 2.05. The van der Waals surface area contributed by atoms with Crippen molar-refractivity contribution in [3.8, 4) is 0 Å². The van der Waals surface area contributed by atoms with Crippen LogP contribution in [0.1, 0.15) is 46.5 Å². The summed E-state index contributed by atoms with van der Waals surface area (Å²) in [6.45, 7) is 2.36. The van der Waals surface area contributed by atoms with Crippen LogP contribution in [0.25, 0.3) is 0 Å². The van der Waals surface area contributed by atoms with Crippen molar-refractivity contribution in [2.75, 3.05) is 0 Å². The van der Waals surface area contributed by atoms with Gasteiger partial charge in [0.25, 0.3) is 0 Å². The Morgan fingerprint density at radius 1 is 1.00 bits per heavy atom. The highest BCUT2D eigenvalue weighted by Crippen LogP contribution is 2.21. The lowest BCUT2D eigenvalue weighted by Gasteiger charge is -2.15. The zero-order valence-electron chi connectivity index (χ0n) is 5.61. The Morgan fingerprint density at radius 3 is 1.67 bits per heavy atom. The van der Waals surface area contributed by atoms with Crippen molar-refractivity contribution in [2.45, 2.75) is 46.5 Å². The molecule has 58 valence electrons. The molecule has 1 saturated carbocycles. The Kier molecular flexibility index (Phi) is 7.92. The third-order valence-corrected chi connectivity index (χ3v) is 1.89. The quantitative estimate of drug-likeness (QED) is 0.484. The van der Waals surface area contributed by atoms with Crippen LogP contribution in [0, 0.1) is 5.92 Å². The molecule has 0 spiro atoms. The summed E-state index contributed by atoms with van der Waals surface area (Å²) in [5.41, 5.74) is 0. The van der Waals surface area contributed by atoms with Gasteiger partial charge in [-0.05, 0) is 5.92 Å². The topological polar surface area (TPSA) is 31.5 Å². The van der Waals surface area contributed by atoms with E-state index in [1.165, 1.54) is 32.1 Å². The van der Waals surface area contributed by atoms with Gasteiger partial charge >= 0.3 is 0 Å². The molecule has 0 aromatic rings. The summed E-state index contributed by atoms with van der Waals surface area (Å²) in [5, 5.41) is 0. The Morgan fingerprint density at radius 2 is 1.44 bits per heavy atom. The highest BCUT2D eigenvalue weighted by molar-refractivity contribution is 4.59. The summed E-state index contributed by atoms with van der Waals surface area (Å²) in [6, 6.07) is 0. The van der Waals surface area contributed by atoms with Crippen molar-refractivity contribution in [3.63, 3.8) is 0 Å². The molecule has 0 aromatic carbocycles. The molecule has 1 heteroatoms. The lowest BCUT2D eigenvalue weighted by atomic mass is 9.91. The van der Waals surface area contributed by atoms with Crippen molar-refractivity contribution in [1.29, 1.82) is 0 Å². The normalized spacial score (nSPS) is 19.7. The van der Waals surface area contributed by atoms with Crippen LogP contribution in [0.4, 0.5) is 0 Å². The maximum absolute atomic E-state index is 2.36. The van der Waals surface area contributed by atoms with Crippen molar-refractivity contribution >= 4 is 0 Å². The van der Waals surface area contributed by atoms with Crippen LogP contribution < -0.4 is 0 Å². The van der Waals surface area contributed by atoms with E-state index < -0.39 is 0 Å². The van der Waals surface area contributed by atoms with E-state index in [0.717, 1.165) is 5.92 Å². The third-order valence-electron chi connectivity index (χ3n) is 1.89. The number of hydrogen-bond acceptors (Lipinski definition) is 0. The van der Waals surface area contributed by atoms with E-state index >= 15 is 0 Å². The van der Waals surface area contributed by atoms with Gasteiger partial charge in [0.15, 0.2) is 0 Å². The van der Waals surface area contributed by atoms with E-state index in [2.05, 4.69) is 6.92 Å². The zero-order chi connectivity index (χ0) is 5.11. The lowest BCUT2D eigenvalue weighted by molar-refractivity contribution is 0.385. The Balaban J connectivity index is 0. The first-order valence-electron chi connectivity index (χ1n) is 3.39. The molecule has 0 aromatic heterocycles. The van der Waals surface area contributed by atoms with Crippen LogP contribution in [-0.2, 0) is 0 Å². The first kappa shape index (κ1) is 11.7. The Labute approximate surface area is 58.8 Å². The summed E-state index contributed by atoms with van der Waals surface area (Å²) < 4.78 is 0. The molecule has 2 N–H and O–H groups in total. The second kappa shape index (κ2) is 6.09. The zero-order valence-corrected chi connectivity index (χ0v) is 5.61. The maximum Gasteiger partial charge on any atom is -0.0443 e. The molecular weight excluding hydrogens is 112 g/mol. The molecule has 1 nitrogen and oxygen atoms in total. The molecule has 0 bridgehead atoms. The van der Waals surface area contributed by atoms with Gasteiger partial charge in [-0.2, -0.15) is 0 Å². The van der Waals surface area contributed by atoms with Crippen LogP contribution in [-0.4, -0.2) is 5.48 Å². The van der Waals surface area contributed by atoms with Gasteiger partial charge in [0.1, 0.15) is 0 Å². The van der Waals surface area contributed by atoms with Crippen molar-refractivity contribution < 1.29 is 5.48 Å². The monoisotopic (exact) mass is 132 g/mol. The van der Waals surface area contributed by atoms with Gasteiger partial charge in [-0.1, -0.05) is 46.5 Å². The van der Waals surface area contributed by atoms with Crippen LogP contribution in [0.5, 0.6) is 0 Å². The molecular formula is C8H20O. The summed E-state index contributed by atoms with van der Waals surface area (Å²) >= 11 is 0. The smallest absolute Gasteiger partial charge is 0.0443 e. The average molecular weight is 132 g/mol. The van der Waals surface area contributed by atoms with Crippen molar-refractivity contribution in [3.05, 3.63) is 0 Å². The summed E-state index contributed by atoms with van der Waals surface area (Å²) in [7, 11) is 0. The average Bonchev–Trinajstić information content (AvgIpc) is 1.69. The SMILES string of the molecule is C.CC1CCCCC1.O. The number of hydrogen-bond donors (Lipinski definition) is 0. The molecule has 0 atom stereocenters. The van der Waals surface area contributed by atoms with E-state index in [-0.39, 0.29) is 12.9 Å². The first-order valence-corrected chi connectivity index (χ1v) is 3.39. The van der Waals surface area contributed by atoms with Crippen molar-refractivity contribution in [2.24, 2.45) is 5.92 Å². The van der Waals surface area contributed by atoms with E-state index in [0.29, 0.717) is 0 Å². The van der Waals surface area contributed by atoms with Crippen LogP contribution >= 0.6 is 0 Å². The largest absolute Gasteiger partial charge is 0.412 e. The fraction of sp³-hybridized carbons (Fsp3) is 1.00. The summed E-state index contributed by atoms with van der Waals surface area (Å²) in [4.78, 5) is 0. The Bertz CT molecular complexity index is 46.5. The van der Waals surface area contributed by atoms with Crippen molar-refractivity contribution in [1.82, 2.24) is 0 Å². The second-order valence-electron chi connectivity index (χ2n) is 2.74. The minimum Gasteiger partial charge on any atom is -0.412 e. The van der Waals surface area contributed by atoms with E-state index in [1.54, 1.807) is 0 Å². The predicted molar refractivity (Wildman–Crippen MR) is 42.6 cm³/mol. The third kappa shape index (κ3) is 4.46. The van der Waals surface area contributed by atoms with Crippen LogP contribution in [0.2, 0.25) is 0 Å². The molecule has 0 radical (unpaired) electrons. The molecule has 0 unspecified atom stereocenters. The van der Waals surface area contributed by atoms with E-state index in [1.807, 2.05) is 0 Å². The fourth-order valence-electron chi connectivity index (χ4n) is 1.31. The molecule has 1 fully saturated rings. The molecule has 0 heterocycles. The molecule has 9 heavy (non-hydrogen) atoms. The molecule has 1 aliphatic rings. The minimum absolute atomic E-state index is 0. The minimum atomic E-state index is 0. The van der Waals surface area contributed by atoms with Gasteiger partial charge in [-0.15, -0.1) is 0 Å². The van der Waals surface area contributed by atoms with Gasteiger partial charge in [0, 0.05) is 0 Å². The Hall–Kier alpha value is -0.0400. The van der Waals surface area contributed by atoms with Crippen LogP contribution in [0.3, 0.4) is 0 Å². The molecule has 0 amide bonds. The summed E-state index contributed by atoms with van der Waals surface area (Å²) in [5.74, 6) is 1.04. The maximum atomic E-state index is 2.36. The van der Waals surface area contributed by atoms with Crippen LogP contribution in [0.15, 0.2) is 0 Å². The molecule has 1 aliphatic carbocycles. The van der Waals surface area contributed by atoms with Gasteiger partial charge < -0.3 is 5.48 Å². The van der Waals surface area contributed by atoms with Gasteiger partial charge in [-0.3, -0.25) is 0 Å². The second-order valence-corrected chi connectivity index (χ2v) is 2.74. The van der Waals surface area contributed by atoms with Gasteiger partial charge in [0.05, 0.1) is 0 Å². The highest BCUT2D eigenvalue weighted by atomic mass is 16.0.